The van der Waals surface area contributed by atoms with E-state index in [1.807, 2.05) is 32.9 Å². The van der Waals surface area contributed by atoms with E-state index >= 15 is 0 Å². The van der Waals surface area contributed by atoms with Crippen LogP contribution in [0.1, 0.15) is 73.6 Å². The molecule has 3 aliphatic rings. The molecule has 0 aromatic carbocycles. The Morgan fingerprint density at radius 1 is 1.17 bits per heavy atom. The quantitative estimate of drug-likeness (QED) is 0.140. The van der Waals surface area contributed by atoms with E-state index in [0.29, 0.717) is 26.0 Å². The summed E-state index contributed by atoms with van der Waals surface area (Å²) in [5.41, 5.74) is 0.394. The Balaban J connectivity index is 1.49. The Hall–Kier alpha value is -2.53. The molecule has 10 nitrogen and oxygen atoms in total. The van der Waals surface area contributed by atoms with Crippen LogP contribution in [0.15, 0.2) is 36.0 Å². The number of carbonyl (C=O) groups is 3. The molecule has 3 fully saturated rings. The van der Waals surface area contributed by atoms with Gasteiger partial charge in [-0.05, 0) is 52.0 Å². The standard InChI is InChI=1S/C31H48N2O8/c1-7-14-32-29(36)16-24-17-31(18-38-31)30(37)27(41-24)12-9-19(2)8-11-26-20(3)15-25(22(5)40-26)33-28(35)13-10-21(4)39-23(6)34/h8-10,12-13,20-22,24-27,30,37H,7,11,14-18H2,1-6H3,(H,32,36)(H,33,35)/b12-9+,13-10-,19-8+/t20-,21-,22+,24+,25+,26-,27+,30+,31+/m0/s1. The van der Waals surface area contributed by atoms with Crippen molar-refractivity contribution in [3.05, 3.63) is 36.0 Å². The largest absolute Gasteiger partial charge is 0.459 e. The van der Waals surface area contributed by atoms with E-state index in [2.05, 4.69) is 23.6 Å². The van der Waals surface area contributed by atoms with E-state index in [1.54, 1.807) is 13.0 Å². The molecule has 0 radical (unpaired) electrons. The van der Waals surface area contributed by atoms with Gasteiger partial charge in [0.2, 0.25) is 11.8 Å². The van der Waals surface area contributed by atoms with Gasteiger partial charge in [-0.2, -0.15) is 0 Å². The monoisotopic (exact) mass is 576 g/mol. The zero-order valence-corrected chi connectivity index (χ0v) is 25.3. The number of carbonyl (C=O) groups excluding carboxylic acids is 3. The van der Waals surface area contributed by atoms with Crippen LogP contribution in [0.25, 0.3) is 0 Å². The fraction of sp³-hybridized carbons (Fsp3) is 0.710. The molecule has 2 amide bonds. The summed E-state index contributed by atoms with van der Waals surface area (Å²) in [6.45, 7) is 12.2. The molecule has 41 heavy (non-hydrogen) atoms. The number of allylic oxidation sites excluding steroid dienone is 2. The van der Waals surface area contributed by atoms with Gasteiger partial charge in [-0.3, -0.25) is 14.4 Å². The molecule has 9 atom stereocenters. The number of esters is 1. The normalized spacial score (nSPS) is 34.5. The summed E-state index contributed by atoms with van der Waals surface area (Å²) >= 11 is 0. The van der Waals surface area contributed by atoms with Crippen LogP contribution in [0.4, 0.5) is 0 Å². The Morgan fingerprint density at radius 3 is 2.56 bits per heavy atom. The number of nitrogens with one attached hydrogen (secondary N) is 2. The minimum absolute atomic E-state index is 0.00620. The number of aliphatic hydroxyl groups excluding tert-OH is 1. The SMILES string of the molecule is CCCNC(=O)C[C@@H]1C[C@@]2(CO2)[C@H](O)[C@@H](/C=C/C(C)=C/C[C@@H]2O[C@H](C)[C@H](NC(=O)/C=C\[C@H](C)OC(C)=O)C[C@@H]2C)O1. The van der Waals surface area contributed by atoms with Crippen molar-refractivity contribution in [1.82, 2.24) is 10.6 Å². The molecule has 10 heteroatoms. The van der Waals surface area contributed by atoms with Gasteiger partial charge in [-0.1, -0.05) is 37.6 Å². The van der Waals surface area contributed by atoms with Gasteiger partial charge in [0, 0.05) is 26.0 Å². The Labute approximate surface area is 243 Å². The number of rotatable bonds is 12. The number of amides is 2. The zero-order valence-electron chi connectivity index (χ0n) is 25.3. The molecule has 0 unspecified atom stereocenters. The van der Waals surface area contributed by atoms with E-state index in [-0.39, 0.29) is 48.5 Å². The van der Waals surface area contributed by atoms with E-state index in [1.165, 1.54) is 13.0 Å². The smallest absolute Gasteiger partial charge is 0.303 e. The third kappa shape index (κ3) is 10.1. The number of ether oxygens (including phenoxy) is 4. The van der Waals surface area contributed by atoms with Crippen molar-refractivity contribution in [2.24, 2.45) is 5.92 Å². The molecule has 0 saturated carbocycles. The minimum atomic E-state index is -0.782. The van der Waals surface area contributed by atoms with Crippen molar-refractivity contribution in [2.45, 2.75) is 122 Å². The first-order chi connectivity index (χ1) is 19.4. The molecule has 1 spiro atoms. The molecule has 0 aliphatic carbocycles. The van der Waals surface area contributed by atoms with Gasteiger partial charge < -0.3 is 34.7 Å². The number of hydrogen-bond donors (Lipinski definition) is 3. The summed E-state index contributed by atoms with van der Waals surface area (Å²) in [4.78, 5) is 35.6. The summed E-state index contributed by atoms with van der Waals surface area (Å²) < 4.78 is 23.0. The van der Waals surface area contributed by atoms with Gasteiger partial charge in [0.15, 0.2) is 0 Å². The van der Waals surface area contributed by atoms with E-state index in [9.17, 15) is 19.5 Å². The maximum atomic E-state index is 12.4. The molecule has 3 saturated heterocycles. The zero-order chi connectivity index (χ0) is 30.2. The van der Waals surface area contributed by atoms with Crippen molar-refractivity contribution >= 4 is 17.8 Å². The van der Waals surface area contributed by atoms with E-state index < -0.39 is 29.9 Å². The van der Waals surface area contributed by atoms with Gasteiger partial charge in [0.1, 0.15) is 23.9 Å². The topological polar surface area (TPSA) is 136 Å². The van der Waals surface area contributed by atoms with Crippen molar-refractivity contribution in [1.29, 1.82) is 0 Å². The van der Waals surface area contributed by atoms with Crippen molar-refractivity contribution in [3.63, 3.8) is 0 Å². The van der Waals surface area contributed by atoms with Crippen LogP contribution in [-0.2, 0) is 33.3 Å². The molecule has 0 aromatic heterocycles. The number of aliphatic hydroxyl groups is 1. The maximum Gasteiger partial charge on any atom is 0.303 e. The molecule has 0 bridgehead atoms. The Morgan fingerprint density at radius 2 is 1.90 bits per heavy atom. The highest BCUT2D eigenvalue weighted by Gasteiger charge is 2.58. The van der Waals surface area contributed by atoms with Crippen LogP contribution < -0.4 is 10.6 Å². The van der Waals surface area contributed by atoms with Gasteiger partial charge in [0.25, 0.3) is 0 Å². The molecule has 3 heterocycles. The Bertz CT molecular complexity index is 1000. The van der Waals surface area contributed by atoms with Crippen LogP contribution in [0.2, 0.25) is 0 Å². The molecular formula is C31H48N2O8. The first-order valence-electron chi connectivity index (χ1n) is 14.8. The van der Waals surface area contributed by atoms with Gasteiger partial charge in [-0.25, -0.2) is 0 Å². The van der Waals surface area contributed by atoms with Gasteiger partial charge in [-0.15, -0.1) is 0 Å². The summed E-state index contributed by atoms with van der Waals surface area (Å²) in [6, 6.07) is -0.119. The van der Waals surface area contributed by atoms with Crippen molar-refractivity contribution in [2.75, 3.05) is 13.2 Å². The highest BCUT2D eigenvalue weighted by molar-refractivity contribution is 5.87. The van der Waals surface area contributed by atoms with Gasteiger partial charge >= 0.3 is 5.97 Å². The second kappa shape index (κ2) is 15.1. The lowest BCUT2D eigenvalue weighted by molar-refractivity contribution is -0.145. The summed E-state index contributed by atoms with van der Waals surface area (Å²) in [7, 11) is 0. The number of hydrogen-bond acceptors (Lipinski definition) is 8. The molecule has 230 valence electrons. The van der Waals surface area contributed by atoms with Crippen LogP contribution >= 0.6 is 0 Å². The predicted molar refractivity (Wildman–Crippen MR) is 154 cm³/mol. The first-order valence-corrected chi connectivity index (χ1v) is 14.8. The second-order valence-electron chi connectivity index (χ2n) is 11.7. The molecular weight excluding hydrogens is 528 g/mol. The maximum absolute atomic E-state index is 12.4. The predicted octanol–water partition coefficient (Wildman–Crippen LogP) is 2.89. The molecule has 3 N–H and O–H groups in total. The van der Waals surface area contributed by atoms with Gasteiger partial charge in [0.05, 0.1) is 37.4 Å². The van der Waals surface area contributed by atoms with Crippen LogP contribution in [0, 0.1) is 5.92 Å². The van der Waals surface area contributed by atoms with Crippen LogP contribution in [-0.4, -0.2) is 84.3 Å². The average Bonchev–Trinajstić information content (AvgIpc) is 3.68. The fourth-order valence-corrected chi connectivity index (χ4v) is 5.43. The molecule has 3 aliphatic heterocycles. The van der Waals surface area contributed by atoms with Crippen molar-refractivity contribution < 1.29 is 38.4 Å². The third-order valence-electron chi connectivity index (χ3n) is 7.91. The summed E-state index contributed by atoms with van der Waals surface area (Å²) in [5.74, 6) is -0.463. The lowest BCUT2D eigenvalue weighted by atomic mass is 9.87. The highest BCUT2D eigenvalue weighted by Crippen LogP contribution is 2.43. The number of epoxide rings is 1. The third-order valence-corrected chi connectivity index (χ3v) is 7.91. The van der Waals surface area contributed by atoms with Crippen LogP contribution in [0.3, 0.4) is 0 Å². The first kappa shape index (κ1) is 33.0. The van der Waals surface area contributed by atoms with Crippen molar-refractivity contribution in [3.8, 4) is 0 Å². The second-order valence-corrected chi connectivity index (χ2v) is 11.7. The van der Waals surface area contributed by atoms with E-state index in [0.717, 1.165) is 18.4 Å². The molecule has 0 aromatic rings. The lowest BCUT2D eigenvalue weighted by Crippen LogP contribution is -2.50. The summed E-state index contributed by atoms with van der Waals surface area (Å²) in [6.07, 6.45) is 9.69. The summed E-state index contributed by atoms with van der Waals surface area (Å²) in [5, 5.41) is 16.7. The minimum Gasteiger partial charge on any atom is -0.459 e. The van der Waals surface area contributed by atoms with E-state index in [4.69, 9.17) is 18.9 Å². The highest BCUT2D eigenvalue weighted by atomic mass is 16.6. The fourth-order valence-electron chi connectivity index (χ4n) is 5.43. The Kier molecular flexibility index (Phi) is 12.1. The van der Waals surface area contributed by atoms with Crippen LogP contribution in [0.5, 0.6) is 0 Å². The average molecular weight is 577 g/mol. The lowest BCUT2D eigenvalue weighted by Gasteiger charge is -2.39. The molecule has 3 rings (SSSR count).